The molecular weight excluding hydrogens is 544 g/mol. The van der Waals surface area contributed by atoms with Crippen molar-refractivity contribution in [3.63, 3.8) is 0 Å². The highest BCUT2D eigenvalue weighted by Crippen LogP contribution is 2.31. The van der Waals surface area contributed by atoms with Gasteiger partial charge in [0.05, 0.1) is 16.3 Å². The first kappa shape index (κ1) is 25.2. The molecule has 0 unspecified atom stereocenters. The second-order valence-electron chi connectivity index (χ2n) is 7.90. The number of aromatic nitrogens is 3. The van der Waals surface area contributed by atoms with Gasteiger partial charge in [-0.05, 0) is 60.7 Å². The van der Waals surface area contributed by atoms with Crippen LogP contribution in [0.3, 0.4) is 0 Å². The highest BCUT2D eigenvalue weighted by Gasteiger charge is 2.19. The molecular formula is C26H17ClN6O3S2. The predicted molar refractivity (Wildman–Crippen MR) is 148 cm³/mol. The molecule has 0 spiro atoms. The van der Waals surface area contributed by atoms with Crippen molar-refractivity contribution in [2.75, 3.05) is 10.0 Å². The molecule has 5 aromatic rings. The van der Waals surface area contributed by atoms with Gasteiger partial charge in [0.15, 0.2) is 0 Å². The number of hydrogen-bond acceptors (Lipinski definition) is 8. The molecule has 0 aliphatic heterocycles. The largest absolute Gasteiger partial charge is 0.326 e. The van der Waals surface area contributed by atoms with Crippen molar-refractivity contribution >= 4 is 50.3 Å². The smallest absolute Gasteiger partial charge is 0.271 e. The Morgan fingerprint density at radius 1 is 0.947 bits per heavy atom. The quantitative estimate of drug-likeness (QED) is 0.234. The SMILES string of the molecule is N#Cc1c(-c2ccc(NS(=O)(=O)c3ccc(-c4ccccn4)s3)cc2)nc(Nc2ccc(Cl)cc2)[nH]c1=O. The summed E-state index contributed by atoms with van der Waals surface area (Å²) in [5, 5.41) is 13.1. The van der Waals surface area contributed by atoms with Crippen molar-refractivity contribution in [3.8, 4) is 27.9 Å². The predicted octanol–water partition coefficient (Wildman–Crippen LogP) is 5.63. The normalized spacial score (nSPS) is 11.1. The van der Waals surface area contributed by atoms with Gasteiger partial charge in [0, 0.05) is 28.2 Å². The standard InChI is InChI=1S/C26H17ClN6O3S2/c27-17-6-10-18(11-7-17)30-26-31-24(20(15-28)25(34)32-26)16-4-8-19(9-5-16)33-38(35,36)23-13-12-22(37-23)21-3-1-2-14-29-21/h1-14,33H,(H2,30,31,32,34). The number of sulfonamides is 1. The number of hydrogen-bond donors (Lipinski definition) is 3. The number of anilines is 3. The van der Waals surface area contributed by atoms with Crippen molar-refractivity contribution in [1.82, 2.24) is 15.0 Å². The van der Waals surface area contributed by atoms with Crippen molar-refractivity contribution in [2.24, 2.45) is 0 Å². The summed E-state index contributed by atoms with van der Waals surface area (Å²) in [5.41, 5.74) is 1.47. The molecule has 0 aliphatic rings. The van der Waals surface area contributed by atoms with E-state index in [9.17, 15) is 18.5 Å². The molecule has 0 atom stereocenters. The van der Waals surface area contributed by atoms with E-state index in [1.807, 2.05) is 18.2 Å². The van der Waals surface area contributed by atoms with Crippen LogP contribution in [0.15, 0.2) is 94.1 Å². The van der Waals surface area contributed by atoms with Gasteiger partial charge in [0.2, 0.25) is 5.95 Å². The zero-order valence-corrected chi connectivity index (χ0v) is 21.7. The van der Waals surface area contributed by atoms with Gasteiger partial charge in [-0.25, -0.2) is 13.4 Å². The number of pyridine rings is 1. The topological polar surface area (TPSA) is 141 Å². The molecule has 12 heteroatoms. The van der Waals surface area contributed by atoms with E-state index in [-0.39, 0.29) is 21.4 Å². The maximum atomic E-state index is 12.9. The lowest BCUT2D eigenvalue weighted by Crippen LogP contribution is -2.16. The third-order valence-electron chi connectivity index (χ3n) is 5.31. The zero-order chi connectivity index (χ0) is 26.7. The maximum absolute atomic E-state index is 12.9. The first-order chi connectivity index (χ1) is 18.3. The molecule has 0 aliphatic carbocycles. The van der Waals surface area contributed by atoms with E-state index in [4.69, 9.17) is 11.6 Å². The van der Waals surface area contributed by atoms with Crippen LogP contribution in [-0.2, 0) is 10.0 Å². The molecule has 9 nitrogen and oxygen atoms in total. The van der Waals surface area contributed by atoms with Crippen LogP contribution in [0, 0.1) is 11.3 Å². The van der Waals surface area contributed by atoms with Crippen LogP contribution in [0.5, 0.6) is 0 Å². The van der Waals surface area contributed by atoms with E-state index in [0.29, 0.717) is 27.7 Å². The highest BCUT2D eigenvalue weighted by molar-refractivity contribution is 7.94. The molecule has 5 rings (SSSR count). The fraction of sp³-hybridized carbons (Fsp3) is 0. The minimum absolute atomic E-state index is 0.137. The fourth-order valence-corrected chi connectivity index (χ4v) is 5.99. The summed E-state index contributed by atoms with van der Waals surface area (Å²) in [6, 6.07) is 23.6. The van der Waals surface area contributed by atoms with Crippen molar-refractivity contribution in [2.45, 2.75) is 4.21 Å². The summed E-state index contributed by atoms with van der Waals surface area (Å²) in [7, 11) is -3.84. The van der Waals surface area contributed by atoms with E-state index >= 15 is 0 Å². The third kappa shape index (κ3) is 5.42. The lowest BCUT2D eigenvalue weighted by molar-refractivity contribution is 0.603. The Kier molecular flexibility index (Phi) is 6.93. The van der Waals surface area contributed by atoms with Crippen LogP contribution in [-0.4, -0.2) is 23.4 Å². The van der Waals surface area contributed by atoms with Crippen LogP contribution in [0.1, 0.15) is 5.56 Å². The molecule has 0 amide bonds. The van der Waals surface area contributed by atoms with E-state index in [1.165, 1.54) is 18.2 Å². The number of benzene rings is 2. The summed E-state index contributed by atoms with van der Waals surface area (Å²) in [6.45, 7) is 0. The summed E-state index contributed by atoms with van der Waals surface area (Å²) in [4.78, 5) is 24.5. The van der Waals surface area contributed by atoms with Crippen LogP contribution >= 0.6 is 22.9 Å². The Morgan fingerprint density at radius 2 is 1.68 bits per heavy atom. The number of rotatable bonds is 7. The average Bonchev–Trinajstić information content (AvgIpc) is 3.42. The Morgan fingerprint density at radius 3 is 2.37 bits per heavy atom. The molecule has 0 radical (unpaired) electrons. The van der Waals surface area contributed by atoms with Gasteiger partial charge in [-0.2, -0.15) is 5.26 Å². The van der Waals surface area contributed by atoms with Crippen molar-refractivity contribution in [1.29, 1.82) is 5.26 Å². The molecule has 3 N–H and O–H groups in total. The van der Waals surface area contributed by atoms with Crippen molar-refractivity contribution in [3.05, 3.63) is 106 Å². The van der Waals surface area contributed by atoms with E-state index < -0.39 is 15.6 Å². The molecule has 0 fully saturated rings. The minimum Gasteiger partial charge on any atom is -0.326 e. The second-order valence-corrected chi connectivity index (χ2v) is 11.3. The molecule has 3 heterocycles. The van der Waals surface area contributed by atoms with E-state index in [1.54, 1.807) is 54.7 Å². The second kappa shape index (κ2) is 10.5. The van der Waals surface area contributed by atoms with Crippen LogP contribution < -0.4 is 15.6 Å². The first-order valence-electron chi connectivity index (χ1n) is 11.0. The molecule has 0 bridgehead atoms. The number of H-pyrrole nitrogens is 1. The Balaban J connectivity index is 1.39. The Hall–Kier alpha value is -4.50. The maximum Gasteiger partial charge on any atom is 0.271 e. The average molecular weight is 561 g/mol. The molecule has 0 saturated carbocycles. The molecule has 0 saturated heterocycles. The van der Waals surface area contributed by atoms with Gasteiger partial charge in [-0.3, -0.25) is 19.5 Å². The molecule has 2 aromatic carbocycles. The van der Waals surface area contributed by atoms with Gasteiger partial charge >= 0.3 is 0 Å². The fourth-order valence-electron chi connectivity index (χ4n) is 3.53. The van der Waals surface area contributed by atoms with E-state index in [0.717, 1.165) is 16.2 Å². The zero-order valence-electron chi connectivity index (χ0n) is 19.3. The van der Waals surface area contributed by atoms with Gasteiger partial charge in [-0.1, -0.05) is 29.8 Å². The number of nitrogens with zero attached hydrogens (tertiary/aromatic N) is 3. The Labute approximate surface area is 226 Å². The van der Waals surface area contributed by atoms with Gasteiger partial charge in [0.1, 0.15) is 15.8 Å². The van der Waals surface area contributed by atoms with Crippen LogP contribution in [0.4, 0.5) is 17.3 Å². The summed E-state index contributed by atoms with van der Waals surface area (Å²) in [5.74, 6) is 0.137. The molecule has 38 heavy (non-hydrogen) atoms. The lowest BCUT2D eigenvalue weighted by Gasteiger charge is -2.10. The summed E-state index contributed by atoms with van der Waals surface area (Å²) < 4.78 is 28.6. The molecule has 188 valence electrons. The van der Waals surface area contributed by atoms with Gasteiger partial charge in [-0.15, -0.1) is 11.3 Å². The van der Waals surface area contributed by atoms with Gasteiger partial charge in [0.25, 0.3) is 15.6 Å². The number of thiophene rings is 1. The number of halogens is 1. The summed E-state index contributed by atoms with van der Waals surface area (Å²) >= 11 is 7.03. The monoisotopic (exact) mass is 560 g/mol. The lowest BCUT2D eigenvalue weighted by atomic mass is 10.1. The van der Waals surface area contributed by atoms with Crippen LogP contribution in [0.2, 0.25) is 5.02 Å². The Bertz CT molecular complexity index is 1810. The number of nitriles is 1. The molecule has 3 aromatic heterocycles. The first-order valence-corrected chi connectivity index (χ1v) is 13.7. The van der Waals surface area contributed by atoms with Crippen molar-refractivity contribution < 1.29 is 8.42 Å². The number of aromatic amines is 1. The van der Waals surface area contributed by atoms with Gasteiger partial charge < -0.3 is 5.32 Å². The van der Waals surface area contributed by atoms with Crippen LogP contribution in [0.25, 0.3) is 21.8 Å². The van der Waals surface area contributed by atoms with E-state index in [2.05, 4.69) is 25.0 Å². The third-order valence-corrected chi connectivity index (χ3v) is 8.55. The highest BCUT2D eigenvalue weighted by atomic mass is 35.5. The summed E-state index contributed by atoms with van der Waals surface area (Å²) in [6.07, 6.45) is 1.65. The number of nitrogens with one attached hydrogen (secondary N) is 3. The minimum atomic E-state index is -3.84.